The lowest BCUT2D eigenvalue weighted by molar-refractivity contribution is 0.614. The van der Waals surface area contributed by atoms with Crippen LogP contribution in [0.2, 0.25) is 5.02 Å². The summed E-state index contributed by atoms with van der Waals surface area (Å²) in [7, 11) is -1.11. The van der Waals surface area contributed by atoms with Crippen LogP contribution in [0.25, 0.3) is 0 Å². The predicted octanol–water partition coefficient (Wildman–Crippen LogP) is 2.47. The van der Waals surface area contributed by atoms with E-state index in [-0.39, 0.29) is 16.8 Å². The maximum atomic E-state index is 13.4. The second-order valence-electron chi connectivity index (χ2n) is 3.65. The normalized spacial score (nSPS) is 14.8. The minimum atomic E-state index is -1.11. The SMILES string of the molecule is CC(CCN)S(=O)Cc1cc(Cl)ccc1F. The molecule has 0 heterocycles. The van der Waals surface area contributed by atoms with Gasteiger partial charge in [0.1, 0.15) is 5.82 Å². The van der Waals surface area contributed by atoms with Gasteiger partial charge in [-0.3, -0.25) is 4.21 Å². The van der Waals surface area contributed by atoms with E-state index in [4.69, 9.17) is 17.3 Å². The van der Waals surface area contributed by atoms with Crippen LogP contribution in [0.3, 0.4) is 0 Å². The van der Waals surface area contributed by atoms with Gasteiger partial charge in [0.05, 0.1) is 5.75 Å². The molecular weight excluding hydrogens is 249 g/mol. The molecule has 5 heteroatoms. The Bertz CT molecular complexity index is 386. The first-order valence-electron chi connectivity index (χ1n) is 5.05. The summed E-state index contributed by atoms with van der Waals surface area (Å²) in [6.07, 6.45) is 0.675. The molecule has 0 bridgehead atoms. The molecule has 0 saturated carbocycles. The summed E-state index contributed by atoms with van der Waals surface area (Å²) < 4.78 is 25.2. The molecule has 1 aromatic carbocycles. The Balaban J connectivity index is 2.72. The molecule has 90 valence electrons. The second kappa shape index (κ2) is 6.33. The van der Waals surface area contributed by atoms with Gasteiger partial charge in [0, 0.05) is 26.6 Å². The minimum absolute atomic E-state index is 0.0246. The van der Waals surface area contributed by atoms with Crippen molar-refractivity contribution in [2.24, 2.45) is 5.73 Å². The van der Waals surface area contributed by atoms with Crippen LogP contribution >= 0.6 is 11.6 Å². The van der Waals surface area contributed by atoms with E-state index in [2.05, 4.69) is 0 Å². The number of hydrogen-bond donors (Lipinski definition) is 1. The summed E-state index contributed by atoms with van der Waals surface area (Å²) in [4.78, 5) is 0. The third-order valence-corrected chi connectivity index (χ3v) is 4.29. The molecule has 2 nitrogen and oxygen atoms in total. The summed E-state index contributed by atoms with van der Waals surface area (Å²) in [6, 6.07) is 4.29. The zero-order valence-electron chi connectivity index (χ0n) is 9.08. The third-order valence-electron chi connectivity index (χ3n) is 2.33. The van der Waals surface area contributed by atoms with Crippen molar-refractivity contribution in [3.05, 3.63) is 34.6 Å². The molecule has 0 fully saturated rings. The molecule has 16 heavy (non-hydrogen) atoms. The van der Waals surface area contributed by atoms with Crippen molar-refractivity contribution in [2.75, 3.05) is 6.54 Å². The number of nitrogens with two attached hydrogens (primary N) is 1. The first-order valence-corrected chi connectivity index (χ1v) is 6.81. The largest absolute Gasteiger partial charge is 0.330 e. The summed E-state index contributed by atoms with van der Waals surface area (Å²) in [5.41, 5.74) is 5.78. The zero-order chi connectivity index (χ0) is 12.1. The van der Waals surface area contributed by atoms with Crippen LogP contribution in [0, 0.1) is 5.82 Å². The molecule has 2 atom stereocenters. The maximum Gasteiger partial charge on any atom is 0.127 e. The summed E-state index contributed by atoms with van der Waals surface area (Å²) in [6.45, 7) is 2.34. The van der Waals surface area contributed by atoms with Gasteiger partial charge in [-0.05, 0) is 31.2 Å². The molecule has 0 spiro atoms. The van der Waals surface area contributed by atoms with E-state index in [0.29, 0.717) is 23.6 Å². The zero-order valence-corrected chi connectivity index (χ0v) is 10.7. The predicted molar refractivity (Wildman–Crippen MR) is 66.4 cm³/mol. The minimum Gasteiger partial charge on any atom is -0.330 e. The van der Waals surface area contributed by atoms with Crippen LogP contribution in [0.15, 0.2) is 18.2 Å². The Labute approximate surface area is 102 Å². The lowest BCUT2D eigenvalue weighted by Gasteiger charge is -2.10. The summed E-state index contributed by atoms with van der Waals surface area (Å²) in [5.74, 6) is -0.175. The Morgan fingerprint density at radius 3 is 2.88 bits per heavy atom. The van der Waals surface area contributed by atoms with E-state index in [1.807, 2.05) is 6.92 Å². The van der Waals surface area contributed by atoms with Crippen molar-refractivity contribution < 1.29 is 8.60 Å². The van der Waals surface area contributed by atoms with Gasteiger partial charge < -0.3 is 5.73 Å². The van der Waals surface area contributed by atoms with Gasteiger partial charge in [0.15, 0.2) is 0 Å². The van der Waals surface area contributed by atoms with Gasteiger partial charge >= 0.3 is 0 Å². The van der Waals surface area contributed by atoms with Crippen LogP contribution in [0.5, 0.6) is 0 Å². The van der Waals surface area contributed by atoms with Crippen LogP contribution in [0.4, 0.5) is 4.39 Å². The van der Waals surface area contributed by atoms with Gasteiger partial charge in [0.2, 0.25) is 0 Å². The molecule has 0 saturated heterocycles. The van der Waals surface area contributed by atoms with E-state index < -0.39 is 10.8 Å². The highest BCUT2D eigenvalue weighted by atomic mass is 35.5. The standard InChI is InChI=1S/C11H15ClFNOS/c1-8(4-5-14)16(15)7-9-6-10(12)2-3-11(9)13/h2-3,6,8H,4-5,7,14H2,1H3. The molecule has 0 aliphatic rings. The van der Waals surface area contributed by atoms with E-state index in [1.165, 1.54) is 18.2 Å². The quantitative estimate of drug-likeness (QED) is 0.887. The van der Waals surface area contributed by atoms with Crippen LogP contribution in [0.1, 0.15) is 18.9 Å². The third kappa shape index (κ3) is 3.85. The maximum absolute atomic E-state index is 13.4. The van der Waals surface area contributed by atoms with Crippen LogP contribution < -0.4 is 5.73 Å². The average molecular weight is 264 g/mol. The van der Waals surface area contributed by atoms with Crippen molar-refractivity contribution in [3.8, 4) is 0 Å². The monoisotopic (exact) mass is 263 g/mol. The Hall–Kier alpha value is -0.450. The molecular formula is C11H15ClFNOS. The lowest BCUT2D eigenvalue weighted by Crippen LogP contribution is -2.17. The highest BCUT2D eigenvalue weighted by molar-refractivity contribution is 7.84. The van der Waals surface area contributed by atoms with Gasteiger partial charge in [-0.25, -0.2) is 4.39 Å². The van der Waals surface area contributed by atoms with Crippen LogP contribution in [-0.4, -0.2) is 16.0 Å². The molecule has 0 aliphatic heterocycles. The number of rotatable bonds is 5. The molecule has 0 radical (unpaired) electrons. The Morgan fingerprint density at radius 1 is 1.56 bits per heavy atom. The first-order chi connectivity index (χ1) is 7.54. The van der Waals surface area contributed by atoms with Crippen molar-refractivity contribution in [2.45, 2.75) is 24.3 Å². The van der Waals surface area contributed by atoms with E-state index in [1.54, 1.807) is 0 Å². The van der Waals surface area contributed by atoms with E-state index >= 15 is 0 Å². The van der Waals surface area contributed by atoms with Crippen molar-refractivity contribution >= 4 is 22.4 Å². The van der Waals surface area contributed by atoms with Crippen molar-refractivity contribution in [1.82, 2.24) is 0 Å². The highest BCUT2D eigenvalue weighted by Crippen LogP contribution is 2.18. The van der Waals surface area contributed by atoms with Gasteiger partial charge in [-0.15, -0.1) is 0 Å². The molecule has 1 rings (SSSR count). The van der Waals surface area contributed by atoms with Crippen molar-refractivity contribution in [1.29, 1.82) is 0 Å². The van der Waals surface area contributed by atoms with Crippen LogP contribution in [-0.2, 0) is 16.6 Å². The fraction of sp³-hybridized carbons (Fsp3) is 0.455. The average Bonchev–Trinajstić information content (AvgIpc) is 2.23. The molecule has 0 aromatic heterocycles. The topological polar surface area (TPSA) is 43.1 Å². The van der Waals surface area contributed by atoms with Gasteiger partial charge in [-0.2, -0.15) is 0 Å². The fourth-order valence-corrected chi connectivity index (χ4v) is 2.72. The number of halogens is 2. The fourth-order valence-electron chi connectivity index (χ4n) is 1.32. The van der Waals surface area contributed by atoms with E-state index in [9.17, 15) is 8.60 Å². The lowest BCUT2D eigenvalue weighted by atomic mass is 10.2. The van der Waals surface area contributed by atoms with Gasteiger partial charge in [-0.1, -0.05) is 18.5 Å². The second-order valence-corrected chi connectivity index (χ2v) is 5.94. The molecule has 2 unspecified atom stereocenters. The highest BCUT2D eigenvalue weighted by Gasteiger charge is 2.13. The number of hydrogen-bond acceptors (Lipinski definition) is 2. The smallest absolute Gasteiger partial charge is 0.127 e. The Morgan fingerprint density at radius 2 is 2.25 bits per heavy atom. The van der Waals surface area contributed by atoms with Crippen molar-refractivity contribution in [3.63, 3.8) is 0 Å². The summed E-state index contributed by atoms with van der Waals surface area (Å²) >= 11 is 5.76. The first kappa shape index (κ1) is 13.6. The van der Waals surface area contributed by atoms with Gasteiger partial charge in [0.25, 0.3) is 0 Å². The van der Waals surface area contributed by atoms with E-state index in [0.717, 1.165) is 0 Å². The molecule has 0 aliphatic carbocycles. The molecule has 0 amide bonds. The molecule has 2 N–H and O–H groups in total. The Kier molecular flexibility index (Phi) is 5.38. The molecule has 1 aromatic rings. The summed E-state index contributed by atoms with van der Waals surface area (Å²) in [5, 5.41) is 0.434. The number of benzene rings is 1.